The van der Waals surface area contributed by atoms with Gasteiger partial charge in [0.1, 0.15) is 0 Å². The molecule has 1 aliphatic rings. The molecule has 0 bridgehead atoms. The predicted molar refractivity (Wildman–Crippen MR) is 47.6 cm³/mol. The molecule has 1 atom stereocenters. The van der Waals surface area contributed by atoms with E-state index in [-0.39, 0.29) is 18.4 Å². The highest BCUT2D eigenvalue weighted by atomic mass is 16.2. The molecule has 0 radical (unpaired) electrons. The Kier molecular flexibility index (Phi) is 3.25. The Bertz CT molecular complexity index is 217. The van der Waals surface area contributed by atoms with Crippen molar-refractivity contribution in [1.82, 2.24) is 4.90 Å². The minimum Gasteiger partial charge on any atom is -0.370 e. The van der Waals surface area contributed by atoms with E-state index in [1.165, 1.54) is 0 Å². The van der Waals surface area contributed by atoms with Crippen LogP contribution in [0.4, 0.5) is 0 Å². The number of primary amides is 1. The lowest BCUT2D eigenvalue weighted by atomic mass is 10.2. The lowest BCUT2D eigenvalue weighted by molar-refractivity contribution is -0.128. The number of hydrogen-bond donors (Lipinski definition) is 2. The van der Waals surface area contributed by atoms with Crippen molar-refractivity contribution >= 4 is 11.8 Å². The summed E-state index contributed by atoms with van der Waals surface area (Å²) in [5, 5.41) is 0. The summed E-state index contributed by atoms with van der Waals surface area (Å²) in [6.45, 7) is 1.20. The van der Waals surface area contributed by atoms with Gasteiger partial charge in [-0.15, -0.1) is 0 Å². The lowest BCUT2D eigenvalue weighted by Gasteiger charge is -2.19. The van der Waals surface area contributed by atoms with Crippen LogP contribution in [0.1, 0.15) is 19.3 Å². The number of rotatable bonds is 4. The molecule has 0 saturated carbocycles. The zero-order valence-corrected chi connectivity index (χ0v) is 7.53. The van der Waals surface area contributed by atoms with Crippen molar-refractivity contribution in [3.63, 3.8) is 0 Å². The van der Waals surface area contributed by atoms with Gasteiger partial charge in [0.15, 0.2) is 0 Å². The first kappa shape index (κ1) is 9.98. The van der Waals surface area contributed by atoms with E-state index < -0.39 is 5.91 Å². The van der Waals surface area contributed by atoms with Crippen molar-refractivity contribution in [2.45, 2.75) is 25.3 Å². The van der Waals surface area contributed by atoms with Gasteiger partial charge in [-0.25, -0.2) is 0 Å². The predicted octanol–water partition coefficient (Wildman–Crippen LogP) is -1.19. The third kappa shape index (κ3) is 3.02. The highest BCUT2D eigenvalue weighted by Crippen LogP contribution is 2.09. The van der Waals surface area contributed by atoms with Gasteiger partial charge in [-0.2, -0.15) is 0 Å². The van der Waals surface area contributed by atoms with Crippen LogP contribution in [0.5, 0.6) is 0 Å². The molecule has 0 aromatic rings. The van der Waals surface area contributed by atoms with Gasteiger partial charge >= 0.3 is 0 Å². The maximum Gasteiger partial charge on any atom is 0.222 e. The minimum atomic E-state index is -0.417. The van der Waals surface area contributed by atoms with Crippen LogP contribution in [0.2, 0.25) is 0 Å². The Labute approximate surface area is 77.1 Å². The van der Waals surface area contributed by atoms with E-state index in [2.05, 4.69) is 0 Å². The summed E-state index contributed by atoms with van der Waals surface area (Å²) in [6, 6.07) is -0.320. The van der Waals surface area contributed by atoms with Crippen LogP contribution >= 0.6 is 0 Å². The van der Waals surface area contributed by atoms with E-state index >= 15 is 0 Å². The third-order valence-electron chi connectivity index (χ3n) is 2.09. The molecule has 1 saturated heterocycles. The average Bonchev–Trinajstić information content (AvgIpc) is 2.34. The Balaban J connectivity index is 2.30. The second-order valence-corrected chi connectivity index (χ2v) is 3.37. The summed E-state index contributed by atoms with van der Waals surface area (Å²) in [7, 11) is 0. The molecule has 0 aliphatic carbocycles. The molecule has 4 N–H and O–H groups in total. The van der Waals surface area contributed by atoms with Crippen molar-refractivity contribution in [2.24, 2.45) is 11.5 Å². The fourth-order valence-corrected chi connectivity index (χ4v) is 1.50. The van der Waals surface area contributed by atoms with Gasteiger partial charge in [0.25, 0.3) is 0 Å². The lowest BCUT2D eigenvalue weighted by Crippen LogP contribution is -2.40. The number of likely N-dealkylation sites (tertiary alicyclic amines) is 1. The highest BCUT2D eigenvalue weighted by Gasteiger charge is 2.22. The van der Waals surface area contributed by atoms with E-state index in [9.17, 15) is 9.59 Å². The van der Waals surface area contributed by atoms with Crippen molar-refractivity contribution in [3.05, 3.63) is 0 Å². The molecule has 1 aliphatic heterocycles. The van der Waals surface area contributed by atoms with Crippen LogP contribution in [0, 0.1) is 0 Å². The number of carbonyl (C=O) groups is 2. The number of nitrogens with zero attached hydrogens (tertiary/aromatic N) is 1. The summed E-state index contributed by atoms with van der Waals surface area (Å²) in [5.74, 6) is -0.293. The van der Waals surface area contributed by atoms with Crippen LogP contribution in [0.3, 0.4) is 0 Å². The Morgan fingerprint density at radius 3 is 2.77 bits per heavy atom. The molecule has 0 aromatic carbocycles. The molecule has 1 unspecified atom stereocenters. The van der Waals surface area contributed by atoms with Gasteiger partial charge in [0, 0.05) is 32.0 Å². The van der Waals surface area contributed by atoms with Crippen molar-refractivity contribution in [3.8, 4) is 0 Å². The summed E-state index contributed by atoms with van der Waals surface area (Å²) < 4.78 is 0. The number of hydrogen-bond acceptors (Lipinski definition) is 3. The Morgan fingerprint density at radius 2 is 2.31 bits per heavy atom. The van der Waals surface area contributed by atoms with Crippen molar-refractivity contribution in [2.75, 3.05) is 13.1 Å². The molecule has 74 valence electrons. The zero-order chi connectivity index (χ0) is 9.84. The maximum absolute atomic E-state index is 11.1. The highest BCUT2D eigenvalue weighted by molar-refractivity contribution is 5.78. The van der Waals surface area contributed by atoms with E-state index in [0.717, 1.165) is 13.0 Å². The monoisotopic (exact) mass is 185 g/mol. The summed E-state index contributed by atoms with van der Waals surface area (Å²) in [6.07, 6.45) is 1.63. The van der Waals surface area contributed by atoms with Crippen LogP contribution in [0.25, 0.3) is 0 Å². The number of carbonyl (C=O) groups excluding carboxylic acids is 2. The van der Waals surface area contributed by atoms with Gasteiger partial charge in [-0.3, -0.25) is 9.59 Å². The van der Waals surface area contributed by atoms with Gasteiger partial charge in [0.05, 0.1) is 0 Å². The SMILES string of the molecule is NC(=O)CC(N)CN1CCCC1=O. The van der Waals surface area contributed by atoms with Crippen LogP contribution in [0.15, 0.2) is 0 Å². The molecule has 1 rings (SSSR count). The van der Waals surface area contributed by atoms with E-state index in [1.54, 1.807) is 4.90 Å². The molecule has 13 heavy (non-hydrogen) atoms. The molecule has 0 spiro atoms. The van der Waals surface area contributed by atoms with Crippen molar-refractivity contribution < 1.29 is 9.59 Å². The first-order chi connectivity index (χ1) is 6.09. The molecule has 1 heterocycles. The van der Waals surface area contributed by atoms with E-state index in [0.29, 0.717) is 13.0 Å². The first-order valence-corrected chi connectivity index (χ1v) is 4.41. The zero-order valence-electron chi connectivity index (χ0n) is 7.53. The second-order valence-electron chi connectivity index (χ2n) is 3.37. The van der Waals surface area contributed by atoms with Gasteiger partial charge < -0.3 is 16.4 Å². The second kappa shape index (κ2) is 4.23. The molecule has 2 amide bonds. The van der Waals surface area contributed by atoms with Crippen LogP contribution in [-0.2, 0) is 9.59 Å². The molecular weight excluding hydrogens is 170 g/mol. The largest absolute Gasteiger partial charge is 0.370 e. The molecule has 0 aromatic heterocycles. The minimum absolute atomic E-state index is 0.125. The van der Waals surface area contributed by atoms with Crippen LogP contribution < -0.4 is 11.5 Å². The van der Waals surface area contributed by atoms with Crippen LogP contribution in [-0.4, -0.2) is 35.8 Å². The normalized spacial score (nSPS) is 19.2. The Morgan fingerprint density at radius 1 is 1.62 bits per heavy atom. The summed E-state index contributed by atoms with van der Waals surface area (Å²) in [5.41, 5.74) is 10.6. The summed E-state index contributed by atoms with van der Waals surface area (Å²) in [4.78, 5) is 23.3. The van der Waals surface area contributed by atoms with Gasteiger partial charge in [0.2, 0.25) is 11.8 Å². The molecule has 5 heteroatoms. The standard InChI is InChI=1S/C8H15N3O2/c9-6(4-7(10)12)5-11-3-1-2-8(11)13/h6H,1-5,9H2,(H2,10,12). The Hall–Kier alpha value is -1.10. The maximum atomic E-state index is 11.1. The molecular formula is C8H15N3O2. The topological polar surface area (TPSA) is 89.4 Å². The van der Waals surface area contributed by atoms with Gasteiger partial charge in [-0.1, -0.05) is 0 Å². The summed E-state index contributed by atoms with van der Waals surface area (Å²) >= 11 is 0. The smallest absolute Gasteiger partial charge is 0.222 e. The average molecular weight is 185 g/mol. The van der Waals surface area contributed by atoms with E-state index in [4.69, 9.17) is 11.5 Å². The van der Waals surface area contributed by atoms with Gasteiger partial charge in [-0.05, 0) is 6.42 Å². The quantitative estimate of drug-likeness (QED) is 0.577. The fraction of sp³-hybridized carbons (Fsp3) is 0.750. The van der Waals surface area contributed by atoms with Crippen molar-refractivity contribution in [1.29, 1.82) is 0 Å². The number of nitrogens with two attached hydrogens (primary N) is 2. The fourth-order valence-electron chi connectivity index (χ4n) is 1.50. The molecule has 1 fully saturated rings. The van der Waals surface area contributed by atoms with E-state index in [1.807, 2.05) is 0 Å². The number of amides is 2. The molecule has 5 nitrogen and oxygen atoms in total. The first-order valence-electron chi connectivity index (χ1n) is 4.41. The third-order valence-corrected chi connectivity index (χ3v) is 2.09.